The van der Waals surface area contributed by atoms with Gasteiger partial charge in [0.2, 0.25) is 6.54 Å². The fraction of sp³-hybridized carbons (Fsp3) is 0.769. The maximum absolute atomic E-state index is 12.2. The largest absolute Gasteiger partial charge is 0.460 e. The quantitative estimate of drug-likeness (QED) is 0.276. The minimum Gasteiger partial charge on any atom is -0.460 e. The molecule has 0 radical (unpaired) electrons. The van der Waals surface area contributed by atoms with E-state index < -0.39 is 21.9 Å². The summed E-state index contributed by atoms with van der Waals surface area (Å²) in [6, 6.07) is 0. The molecule has 114 valence electrons. The molecule has 0 fully saturated rings. The first-order valence-corrected chi connectivity index (χ1v) is 6.39. The second-order valence-electron chi connectivity index (χ2n) is 5.68. The van der Waals surface area contributed by atoms with Crippen LogP contribution in [0.4, 0.5) is 0 Å². The van der Waals surface area contributed by atoms with E-state index in [0.29, 0.717) is 12.6 Å². The molecule has 0 unspecified atom stereocenters. The van der Waals surface area contributed by atoms with Crippen LogP contribution in [0.3, 0.4) is 0 Å². The van der Waals surface area contributed by atoms with E-state index in [2.05, 4.69) is 0 Å². The number of rotatable bonds is 9. The molecule has 0 rings (SSSR count). The Morgan fingerprint density at radius 1 is 1.20 bits per heavy atom. The highest BCUT2D eigenvalue weighted by Crippen LogP contribution is 2.34. The van der Waals surface area contributed by atoms with E-state index in [1.165, 1.54) is 0 Å². The van der Waals surface area contributed by atoms with Crippen LogP contribution in [-0.2, 0) is 19.1 Å². The van der Waals surface area contributed by atoms with Gasteiger partial charge in [0.25, 0.3) is 0 Å². The summed E-state index contributed by atoms with van der Waals surface area (Å²) >= 11 is 0. The second-order valence-corrected chi connectivity index (χ2v) is 5.68. The number of aldehydes is 2. The normalized spacial score (nSPS) is 11.8. The van der Waals surface area contributed by atoms with Gasteiger partial charge in [0.05, 0.1) is 5.41 Å². The molecule has 0 aliphatic heterocycles. The van der Waals surface area contributed by atoms with Crippen molar-refractivity contribution in [2.75, 3.05) is 6.54 Å². The van der Waals surface area contributed by atoms with E-state index in [1.54, 1.807) is 20.8 Å². The van der Waals surface area contributed by atoms with Gasteiger partial charge in [-0.15, -0.1) is 0 Å². The molecule has 0 aromatic rings. The molecule has 0 amide bonds. The highest BCUT2D eigenvalue weighted by atomic mass is 16.6. The van der Waals surface area contributed by atoms with Crippen molar-refractivity contribution >= 4 is 18.5 Å². The van der Waals surface area contributed by atoms with Crippen molar-refractivity contribution < 1.29 is 24.0 Å². The molecule has 0 spiro atoms. The van der Waals surface area contributed by atoms with Gasteiger partial charge in [-0.25, -0.2) is 0 Å². The lowest BCUT2D eigenvalue weighted by atomic mass is 9.77. The van der Waals surface area contributed by atoms with E-state index >= 15 is 0 Å². The lowest BCUT2D eigenvalue weighted by molar-refractivity contribution is -0.480. The number of nitro groups is 1. The summed E-state index contributed by atoms with van der Waals surface area (Å²) in [7, 11) is 0. The van der Waals surface area contributed by atoms with Gasteiger partial charge in [-0.3, -0.25) is 14.9 Å². The first-order chi connectivity index (χ1) is 9.17. The second kappa shape index (κ2) is 7.72. The van der Waals surface area contributed by atoms with E-state index in [4.69, 9.17) is 4.74 Å². The Morgan fingerprint density at radius 3 is 2.05 bits per heavy atom. The van der Waals surface area contributed by atoms with Crippen LogP contribution in [0.5, 0.6) is 0 Å². The van der Waals surface area contributed by atoms with Crippen molar-refractivity contribution in [3.63, 3.8) is 0 Å². The monoisotopic (exact) mass is 287 g/mol. The summed E-state index contributed by atoms with van der Waals surface area (Å²) in [5.74, 6) is -0.660. The Kier molecular flexibility index (Phi) is 7.02. The number of hydrogen-bond donors (Lipinski definition) is 0. The van der Waals surface area contributed by atoms with Gasteiger partial charge < -0.3 is 14.3 Å². The highest BCUT2D eigenvalue weighted by molar-refractivity contribution is 5.83. The van der Waals surface area contributed by atoms with Crippen LogP contribution in [0.25, 0.3) is 0 Å². The Balaban J connectivity index is 5.07. The molecule has 0 aromatic heterocycles. The number of carbonyl (C=O) groups is 3. The molecule has 0 bridgehead atoms. The molecule has 0 saturated heterocycles. The topological polar surface area (TPSA) is 104 Å². The fourth-order valence-electron chi connectivity index (χ4n) is 1.81. The van der Waals surface area contributed by atoms with Crippen LogP contribution in [0, 0.1) is 15.5 Å². The predicted molar refractivity (Wildman–Crippen MR) is 70.7 cm³/mol. The third kappa shape index (κ3) is 6.40. The minimum atomic E-state index is -1.30. The van der Waals surface area contributed by atoms with Gasteiger partial charge in [-0.1, -0.05) is 0 Å². The zero-order chi connectivity index (χ0) is 15.8. The van der Waals surface area contributed by atoms with Crippen LogP contribution in [0.15, 0.2) is 0 Å². The number of ether oxygens (including phenoxy) is 1. The van der Waals surface area contributed by atoms with Gasteiger partial charge in [0, 0.05) is 24.2 Å². The van der Waals surface area contributed by atoms with Crippen LogP contribution in [0.2, 0.25) is 0 Å². The first kappa shape index (κ1) is 18.2. The van der Waals surface area contributed by atoms with Crippen LogP contribution >= 0.6 is 0 Å². The van der Waals surface area contributed by atoms with Crippen LogP contribution in [0.1, 0.15) is 46.5 Å². The summed E-state index contributed by atoms with van der Waals surface area (Å²) < 4.78 is 5.24. The summed E-state index contributed by atoms with van der Waals surface area (Å²) in [5.41, 5.74) is -2.05. The molecule has 7 nitrogen and oxygen atoms in total. The molecular weight excluding hydrogens is 266 g/mol. The number of carbonyl (C=O) groups excluding carboxylic acids is 3. The lowest BCUT2D eigenvalue weighted by Crippen LogP contribution is -2.39. The van der Waals surface area contributed by atoms with E-state index in [0.717, 1.165) is 0 Å². The number of esters is 1. The Bertz CT molecular complexity index is 362. The molecule has 0 atom stereocenters. The molecule has 0 aromatic carbocycles. The zero-order valence-corrected chi connectivity index (χ0v) is 12.1. The fourth-order valence-corrected chi connectivity index (χ4v) is 1.81. The molecule has 0 saturated carbocycles. The maximum Gasteiger partial charge on any atom is 0.313 e. The van der Waals surface area contributed by atoms with Gasteiger partial charge in [0.1, 0.15) is 18.2 Å². The van der Waals surface area contributed by atoms with Crippen molar-refractivity contribution in [2.45, 2.75) is 52.1 Å². The number of nitrogens with zero attached hydrogens (tertiary/aromatic N) is 1. The van der Waals surface area contributed by atoms with Gasteiger partial charge >= 0.3 is 5.97 Å². The summed E-state index contributed by atoms with van der Waals surface area (Å²) in [6.07, 6.45) is 0.893. The molecule has 0 heterocycles. The van der Waals surface area contributed by atoms with Crippen LogP contribution < -0.4 is 0 Å². The standard InChI is InChI=1S/C13H21NO6/c1-12(2,3)20-11(17)13(6-9-15,7-10-16)5-4-8-14(18)19/h9-10H,4-8H2,1-3H3. The Labute approximate surface area is 117 Å². The molecule has 7 heteroatoms. The average Bonchev–Trinajstić information content (AvgIpc) is 2.26. The van der Waals surface area contributed by atoms with Crippen LogP contribution in [-0.4, -0.2) is 35.6 Å². The maximum atomic E-state index is 12.2. The predicted octanol–water partition coefficient (Wildman–Crippen LogP) is 1.55. The van der Waals surface area contributed by atoms with Crippen molar-refractivity contribution in [1.29, 1.82) is 0 Å². The lowest BCUT2D eigenvalue weighted by Gasteiger charge is -2.31. The Hall–Kier alpha value is -1.79. The average molecular weight is 287 g/mol. The molecule has 0 aliphatic rings. The molecule has 0 aliphatic carbocycles. The molecular formula is C13H21NO6. The van der Waals surface area contributed by atoms with Gasteiger partial charge in [-0.2, -0.15) is 0 Å². The number of hydrogen-bond acceptors (Lipinski definition) is 6. The van der Waals surface area contributed by atoms with Crippen molar-refractivity contribution in [2.24, 2.45) is 5.41 Å². The summed E-state index contributed by atoms with van der Waals surface area (Å²) in [4.78, 5) is 43.7. The van der Waals surface area contributed by atoms with Gasteiger partial charge in [0.15, 0.2) is 0 Å². The van der Waals surface area contributed by atoms with E-state index in [-0.39, 0.29) is 32.2 Å². The SMILES string of the molecule is CC(C)(C)OC(=O)C(CC=O)(CC=O)CCC[N+](=O)[O-]. The van der Waals surface area contributed by atoms with Crippen molar-refractivity contribution in [3.8, 4) is 0 Å². The Morgan fingerprint density at radius 2 is 1.70 bits per heavy atom. The minimum absolute atomic E-state index is 0.0698. The van der Waals surface area contributed by atoms with E-state index in [9.17, 15) is 24.5 Å². The van der Waals surface area contributed by atoms with Crippen molar-refractivity contribution in [3.05, 3.63) is 10.1 Å². The first-order valence-electron chi connectivity index (χ1n) is 6.39. The highest BCUT2D eigenvalue weighted by Gasteiger charge is 2.41. The molecule has 20 heavy (non-hydrogen) atoms. The summed E-state index contributed by atoms with van der Waals surface area (Å²) in [6.45, 7) is 4.71. The van der Waals surface area contributed by atoms with Crippen molar-refractivity contribution in [1.82, 2.24) is 0 Å². The van der Waals surface area contributed by atoms with E-state index in [1.807, 2.05) is 0 Å². The summed E-state index contributed by atoms with van der Waals surface area (Å²) in [5, 5.41) is 10.3. The zero-order valence-electron chi connectivity index (χ0n) is 12.1. The smallest absolute Gasteiger partial charge is 0.313 e. The third-order valence-corrected chi connectivity index (χ3v) is 2.78. The van der Waals surface area contributed by atoms with Gasteiger partial charge in [-0.05, 0) is 27.2 Å². The third-order valence-electron chi connectivity index (χ3n) is 2.78. The molecule has 0 N–H and O–H groups in total.